The zero-order valence-electron chi connectivity index (χ0n) is 13.0. The van der Waals surface area contributed by atoms with E-state index >= 15 is 0 Å². The first kappa shape index (κ1) is 15.0. The van der Waals surface area contributed by atoms with Crippen LogP contribution in [0.2, 0.25) is 0 Å². The van der Waals surface area contributed by atoms with Gasteiger partial charge in [-0.3, -0.25) is 4.79 Å². The van der Waals surface area contributed by atoms with Gasteiger partial charge in [0.1, 0.15) is 5.65 Å². The molecule has 2 unspecified atom stereocenters. The van der Waals surface area contributed by atoms with E-state index in [1.807, 2.05) is 42.0 Å². The average molecular weight is 301 g/mol. The van der Waals surface area contributed by atoms with Gasteiger partial charge in [-0.25, -0.2) is 4.98 Å². The Balaban J connectivity index is 1.60. The summed E-state index contributed by atoms with van der Waals surface area (Å²) in [4.78, 5) is 18.6. The number of likely N-dealkylation sites (N-methyl/N-ethyl adjacent to an activating group) is 1. The molecule has 0 aromatic carbocycles. The van der Waals surface area contributed by atoms with Crippen LogP contribution >= 0.6 is 0 Å². The minimum absolute atomic E-state index is 0.0566. The third-order valence-corrected chi connectivity index (χ3v) is 4.55. The van der Waals surface area contributed by atoms with Crippen LogP contribution in [-0.4, -0.2) is 45.0 Å². The molecular formula is C17H23N3O2. The summed E-state index contributed by atoms with van der Waals surface area (Å²) in [6, 6.07) is 5.80. The van der Waals surface area contributed by atoms with E-state index in [0.29, 0.717) is 13.0 Å². The smallest absolute Gasteiger partial charge is 0.228 e. The molecule has 2 aromatic heterocycles. The van der Waals surface area contributed by atoms with Gasteiger partial charge in [-0.05, 0) is 25.0 Å². The van der Waals surface area contributed by atoms with Gasteiger partial charge in [-0.2, -0.15) is 0 Å². The molecule has 1 N–H and O–H groups in total. The van der Waals surface area contributed by atoms with Crippen molar-refractivity contribution in [2.24, 2.45) is 5.92 Å². The van der Waals surface area contributed by atoms with Crippen molar-refractivity contribution < 1.29 is 9.90 Å². The minimum Gasteiger partial charge on any atom is -0.393 e. The van der Waals surface area contributed by atoms with Gasteiger partial charge in [0.2, 0.25) is 5.91 Å². The van der Waals surface area contributed by atoms with Crippen molar-refractivity contribution in [3.8, 4) is 0 Å². The third-order valence-electron chi connectivity index (χ3n) is 4.55. The number of carbonyl (C=O) groups excluding carboxylic acids is 1. The van der Waals surface area contributed by atoms with Crippen LogP contribution in [0.3, 0.4) is 0 Å². The highest BCUT2D eigenvalue weighted by Gasteiger charge is 2.25. The van der Waals surface area contributed by atoms with Gasteiger partial charge < -0.3 is 14.4 Å². The quantitative estimate of drug-likeness (QED) is 0.938. The highest BCUT2D eigenvalue weighted by atomic mass is 16.3. The van der Waals surface area contributed by atoms with E-state index in [0.717, 1.165) is 37.0 Å². The lowest BCUT2D eigenvalue weighted by Gasteiger charge is -2.31. The molecule has 2 atom stereocenters. The molecule has 1 saturated carbocycles. The fourth-order valence-electron chi connectivity index (χ4n) is 3.22. The predicted molar refractivity (Wildman–Crippen MR) is 84.5 cm³/mol. The summed E-state index contributed by atoms with van der Waals surface area (Å²) in [5, 5.41) is 10.0. The Kier molecular flexibility index (Phi) is 4.43. The monoisotopic (exact) mass is 301 g/mol. The second kappa shape index (κ2) is 6.48. The number of pyridine rings is 1. The molecule has 5 nitrogen and oxygen atoms in total. The summed E-state index contributed by atoms with van der Waals surface area (Å²) in [5.74, 6) is 0.268. The Bertz CT molecular complexity index is 619. The van der Waals surface area contributed by atoms with E-state index < -0.39 is 0 Å². The molecule has 0 aliphatic heterocycles. The molecule has 2 aromatic rings. The molecule has 1 aliphatic carbocycles. The molecule has 0 spiro atoms. The lowest BCUT2D eigenvalue weighted by atomic mass is 9.86. The molecule has 1 amide bonds. The zero-order valence-corrected chi connectivity index (χ0v) is 13.0. The lowest BCUT2D eigenvalue weighted by Crippen LogP contribution is -2.38. The Morgan fingerprint density at radius 3 is 3.00 bits per heavy atom. The van der Waals surface area contributed by atoms with Crippen molar-refractivity contribution in [2.45, 2.75) is 38.2 Å². The molecule has 0 bridgehead atoms. The fourth-order valence-corrected chi connectivity index (χ4v) is 3.22. The van der Waals surface area contributed by atoms with Crippen molar-refractivity contribution >= 4 is 11.6 Å². The van der Waals surface area contributed by atoms with E-state index in [9.17, 15) is 9.90 Å². The largest absolute Gasteiger partial charge is 0.393 e. The molecule has 0 saturated heterocycles. The molecule has 3 rings (SSSR count). The van der Waals surface area contributed by atoms with Gasteiger partial charge in [-0.1, -0.05) is 18.9 Å². The summed E-state index contributed by atoms with van der Waals surface area (Å²) < 4.78 is 1.92. The molecule has 1 fully saturated rings. The summed E-state index contributed by atoms with van der Waals surface area (Å²) in [6.45, 7) is 0.632. The maximum Gasteiger partial charge on any atom is 0.228 e. The maximum atomic E-state index is 12.4. The van der Waals surface area contributed by atoms with Crippen LogP contribution < -0.4 is 0 Å². The standard InChI is InChI=1S/C17H23N3O2/c1-19(11-13-6-2-3-7-15(13)21)17(22)10-14-12-20-9-5-4-8-16(20)18-14/h4-5,8-9,12-13,15,21H,2-3,6-7,10-11H2,1H3. The maximum absolute atomic E-state index is 12.4. The van der Waals surface area contributed by atoms with Crippen molar-refractivity contribution in [2.75, 3.05) is 13.6 Å². The Morgan fingerprint density at radius 2 is 2.23 bits per heavy atom. The molecule has 0 radical (unpaired) electrons. The number of aliphatic hydroxyl groups is 1. The van der Waals surface area contributed by atoms with Crippen LogP contribution in [0, 0.1) is 5.92 Å². The van der Waals surface area contributed by atoms with Crippen LogP contribution in [0.25, 0.3) is 5.65 Å². The highest BCUT2D eigenvalue weighted by Crippen LogP contribution is 2.25. The van der Waals surface area contributed by atoms with Crippen molar-refractivity contribution in [1.82, 2.24) is 14.3 Å². The van der Waals surface area contributed by atoms with E-state index in [1.54, 1.807) is 4.90 Å². The molecule has 1 aliphatic rings. The van der Waals surface area contributed by atoms with Gasteiger partial charge in [0, 0.05) is 31.9 Å². The Hall–Kier alpha value is -1.88. The van der Waals surface area contributed by atoms with Gasteiger partial charge >= 0.3 is 0 Å². The predicted octanol–water partition coefficient (Wildman–Crippen LogP) is 1.89. The summed E-state index contributed by atoms with van der Waals surface area (Å²) in [7, 11) is 1.82. The number of aliphatic hydroxyl groups excluding tert-OH is 1. The van der Waals surface area contributed by atoms with E-state index in [-0.39, 0.29) is 17.9 Å². The fraction of sp³-hybridized carbons (Fsp3) is 0.529. The highest BCUT2D eigenvalue weighted by molar-refractivity contribution is 5.78. The van der Waals surface area contributed by atoms with Crippen LogP contribution in [0.4, 0.5) is 0 Å². The lowest BCUT2D eigenvalue weighted by molar-refractivity contribution is -0.130. The number of rotatable bonds is 4. The summed E-state index contributed by atoms with van der Waals surface area (Å²) >= 11 is 0. The number of aromatic nitrogens is 2. The Labute approximate surface area is 130 Å². The van der Waals surface area contributed by atoms with Crippen molar-refractivity contribution in [1.29, 1.82) is 0 Å². The van der Waals surface area contributed by atoms with Crippen LogP contribution in [0.15, 0.2) is 30.6 Å². The van der Waals surface area contributed by atoms with Gasteiger partial charge in [0.25, 0.3) is 0 Å². The first-order chi connectivity index (χ1) is 10.6. The molecule has 22 heavy (non-hydrogen) atoms. The van der Waals surface area contributed by atoms with E-state index in [1.165, 1.54) is 0 Å². The number of fused-ring (bicyclic) bond motifs is 1. The second-order valence-electron chi connectivity index (χ2n) is 6.26. The Morgan fingerprint density at radius 1 is 1.41 bits per heavy atom. The van der Waals surface area contributed by atoms with Gasteiger partial charge in [-0.15, -0.1) is 0 Å². The molecule has 5 heteroatoms. The normalized spacial score (nSPS) is 21.9. The minimum atomic E-state index is -0.265. The molecule has 118 valence electrons. The number of imidazole rings is 1. The molecular weight excluding hydrogens is 278 g/mol. The van der Waals surface area contributed by atoms with Gasteiger partial charge in [0.15, 0.2) is 0 Å². The molecule has 2 heterocycles. The average Bonchev–Trinajstić information content (AvgIpc) is 2.91. The number of carbonyl (C=O) groups is 1. The van der Waals surface area contributed by atoms with Crippen molar-refractivity contribution in [3.05, 3.63) is 36.3 Å². The third kappa shape index (κ3) is 3.30. The van der Waals surface area contributed by atoms with E-state index in [4.69, 9.17) is 0 Å². The van der Waals surface area contributed by atoms with Crippen LogP contribution in [0.1, 0.15) is 31.4 Å². The number of nitrogens with zero attached hydrogens (tertiary/aromatic N) is 3. The van der Waals surface area contributed by atoms with Gasteiger partial charge in [0.05, 0.1) is 18.2 Å². The zero-order chi connectivity index (χ0) is 15.5. The van der Waals surface area contributed by atoms with Crippen LogP contribution in [0.5, 0.6) is 0 Å². The number of hydrogen-bond donors (Lipinski definition) is 1. The second-order valence-corrected chi connectivity index (χ2v) is 6.26. The van der Waals surface area contributed by atoms with E-state index in [2.05, 4.69) is 4.98 Å². The first-order valence-electron chi connectivity index (χ1n) is 7.98. The summed E-state index contributed by atoms with van der Waals surface area (Å²) in [6.07, 6.45) is 7.98. The number of hydrogen-bond acceptors (Lipinski definition) is 3. The number of amides is 1. The van der Waals surface area contributed by atoms with Crippen LogP contribution in [-0.2, 0) is 11.2 Å². The topological polar surface area (TPSA) is 57.8 Å². The first-order valence-corrected chi connectivity index (χ1v) is 7.98. The van der Waals surface area contributed by atoms with Crippen molar-refractivity contribution in [3.63, 3.8) is 0 Å². The summed E-state index contributed by atoms with van der Waals surface area (Å²) in [5.41, 5.74) is 1.64. The SMILES string of the molecule is CN(CC1CCCCC1O)C(=O)Cc1cn2ccccc2n1.